The Bertz CT molecular complexity index is 1220. The maximum absolute atomic E-state index is 13.9. The Labute approximate surface area is 187 Å². The normalized spacial score (nSPS) is 23.4. The van der Waals surface area contributed by atoms with Crippen LogP contribution in [0.25, 0.3) is 0 Å². The summed E-state index contributed by atoms with van der Waals surface area (Å²) in [6.45, 7) is 2.62. The van der Waals surface area contributed by atoms with Crippen LogP contribution in [0.2, 0.25) is 0 Å². The molecular weight excluding hydrogens is 436 g/mol. The molecular formula is C23H23F2N3O5. The zero-order chi connectivity index (χ0) is 23.5. The van der Waals surface area contributed by atoms with Gasteiger partial charge in [-0.25, -0.2) is 8.78 Å². The van der Waals surface area contributed by atoms with Crippen LogP contribution in [0, 0.1) is 17.0 Å². The molecule has 2 N–H and O–H groups in total. The Kier molecular flexibility index (Phi) is 5.00. The van der Waals surface area contributed by atoms with E-state index in [1.54, 1.807) is 4.90 Å². The summed E-state index contributed by atoms with van der Waals surface area (Å²) < 4.78 is 34.4. The third-order valence-corrected chi connectivity index (χ3v) is 7.25. The zero-order valence-corrected chi connectivity index (χ0v) is 17.9. The van der Waals surface area contributed by atoms with E-state index >= 15 is 0 Å². The molecule has 1 spiro atoms. The first-order valence-electron chi connectivity index (χ1n) is 10.9. The summed E-state index contributed by atoms with van der Waals surface area (Å²) in [5.74, 6) is -4.20. The molecule has 1 aromatic carbocycles. The van der Waals surface area contributed by atoms with Crippen molar-refractivity contribution in [1.29, 1.82) is 0 Å². The number of aromatic hydroxyl groups is 1. The van der Waals surface area contributed by atoms with Crippen molar-refractivity contribution in [2.45, 2.75) is 51.4 Å². The predicted octanol–water partition coefficient (Wildman–Crippen LogP) is 2.85. The summed E-state index contributed by atoms with van der Waals surface area (Å²) in [5, 5.41) is 12.8. The number of benzene rings is 1. The molecule has 2 fully saturated rings. The fourth-order valence-electron chi connectivity index (χ4n) is 5.35. The first kappa shape index (κ1) is 21.6. The highest BCUT2D eigenvalue weighted by atomic mass is 19.1. The Morgan fingerprint density at radius 1 is 1.24 bits per heavy atom. The number of aromatic nitrogens is 1. The van der Waals surface area contributed by atoms with E-state index in [9.17, 15) is 28.3 Å². The van der Waals surface area contributed by atoms with Gasteiger partial charge in [-0.3, -0.25) is 14.4 Å². The van der Waals surface area contributed by atoms with Gasteiger partial charge < -0.3 is 24.6 Å². The molecule has 0 bridgehead atoms. The molecule has 2 amide bonds. The summed E-state index contributed by atoms with van der Waals surface area (Å²) in [4.78, 5) is 40.4. The van der Waals surface area contributed by atoms with Crippen LogP contribution in [0.1, 0.15) is 53.5 Å². The van der Waals surface area contributed by atoms with Crippen LogP contribution in [-0.2, 0) is 11.3 Å². The minimum absolute atomic E-state index is 0.126. The molecule has 2 atom stereocenters. The van der Waals surface area contributed by atoms with Crippen molar-refractivity contribution in [3.63, 3.8) is 0 Å². The van der Waals surface area contributed by atoms with Gasteiger partial charge in [0.1, 0.15) is 17.2 Å². The van der Waals surface area contributed by atoms with E-state index in [2.05, 4.69) is 5.32 Å². The average molecular weight is 459 g/mol. The van der Waals surface area contributed by atoms with Crippen LogP contribution in [0.5, 0.6) is 5.75 Å². The average Bonchev–Trinajstić information content (AvgIpc) is 3.25. The second-order valence-electron chi connectivity index (χ2n) is 9.02. The van der Waals surface area contributed by atoms with Crippen LogP contribution < -0.4 is 10.7 Å². The number of nitrogens with one attached hydrogen (secondary N) is 1. The molecule has 33 heavy (non-hydrogen) atoms. The molecule has 5 rings (SSSR count). The Hall–Kier alpha value is -3.27. The van der Waals surface area contributed by atoms with Gasteiger partial charge in [-0.1, -0.05) is 12.8 Å². The molecule has 1 aromatic heterocycles. The molecule has 3 heterocycles. The van der Waals surface area contributed by atoms with Crippen LogP contribution >= 0.6 is 0 Å². The van der Waals surface area contributed by atoms with E-state index in [0.717, 1.165) is 44.0 Å². The summed E-state index contributed by atoms with van der Waals surface area (Å²) >= 11 is 0. The SMILES string of the molecule is C[C@H]1N2C(=O)c3c(O)c(=O)c(C(=O)Nc4ccc(F)cc4F)cn3C[C@@H]2OCC12CCCC2. The molecule has 0 unspecified atom stereocenters. The second kappa shape index (κ2) is 7.65. The van der Waals surface area contributed by atoms with Gasteiger partial charge in [0.25, 0.3) is 11.8 Å². The van der Waals surface area contributed by atoms with E-state index in [4.69, 9.17) is 4.74 Å². The summed E-state index contributed by atoms with van der Waals surface area (Å²) in [5.41, 5.74) is -2.18. The van der Waals surface area contributed by atoms with E-state index in [0.29, 0.717) is 12.7 Å². The van der Waals surface area contributed by atoms with E-state index in [1.165, 1.54) is 4.57 Å². The molecule has 1 saturated heterocycles. The molecule has 8 nitrogen and oxygen atoms in total. The number of carbonyl (C=O) groups excluding carboxylic acids is 2. The largest absolute Gasteiger partial charge is 0.503 e. The van der Waals surface area contributed by atoms with E-state index < -0.39 is 46.4 Å². The number of fused-ring (bicyclic) bond motifs is 2. The van der Waals surface area contributed by atoms with Crippen molar-refractivity contribution in [2.24, 2.45) is 5.41 Å². The van der Waals surface area contributed by atoms with Gasteiger partial charge in [0, 0.05) is 23.7 Å². The maximum Gasteiger partial charge on any atom is 0.276 e. The zero-order valence-electron chi connectivity index (χ0n) is 17.9. The molecule has 2 aromatic rings. The highest BCUT2D eigenvalue weighted by Crippen LogP contribution is 2.47. The van der Waals surface area contributed by atoms with Crippen LogP contribution in [0.3, 0.4) is 0 Å². The Balaban J connectivity index is 1.49. The minimum atomic E-state index is -1.05. The number of hydrogen-bond acceptors (Lipinski definition) is 5. The fourth-order valence-corrected chi connectivity index (χ4v) is 5.35. The highest BCUT2D eigenvalue weighted by Gasteiger charge is 2.52. The molecule has 1 saturated carbocycles. The number of carbonyl (C=O) groups is 2. The van der Waals surface area contributed by atoms with Gasteiger partial charge in [0.15, 0.2) is 17.7 Å². The van der Waals surface area contributed by atoms with Crippen LogP contribution in [0.4, 0.5) is 14.5 Å². The van der Waals surface area contributed by atoms with Crippen molar-refractivity contribution in [1.82, 2.24) is 9.47 Å². The minimum Gasteiger partial charge on any atom is -0.503 e. The summed E-state index contributed by atoms with van der Waals surface area (Å²) in [6, 6.07) is 2.45. The van der Waals surface area contributed by atoms with Crippen molar-refractivity contribution < 1.29 is 28.2 Å². The van der Waals surface area contributed by atoms with Gasteiger partial charge in [0.05, 0.1) is 18.8 Å². The van der Waals surface area contributed by atoms with Crippen molar-refractivity contribution in [3.05, 3.63) is 57.5 Å². The molecule has 2 aliphatic heterocycles. The summed E-state index contributed by atoms with van der Waals surface area (Å²) in [7, 11) is 0. The molecule has 0 radical (unpaired) electrons. The Morgan fingerprint density at radius 2 is 1.97 bits per heavy atom. The number of rotatable bonds is 2. The standard InChI is InChI=1S/C23H23F2N3O5/c1-12-23(6-2-3-7-23)11-33-17-10-27-9-14(19(29)20(30)18(27)22(32)28(12)17)21(31)26-16-5-4-13(24)8-15(16)25/h4-5,8-9,12,17,30H,2-3,6-7,10-11H2,1H3,(H,26,31)/t12-,17+/m1/s1. The first-order chi connectivity index (χ1) is 15.7. The number of halogens is 2. The van der Waals surface area contributed by atoms with Crippen LogP contribution in [0.15, 0.2) is 29.2 Å². The number of hydrogen-bond donors (Lipinski definition) is 2. The van der Waals surface area contributed by atoms with Gasteiger partial charge in [-0.2, -0.15) is 0 Å². The second-order valence-corrected chi connectivity index (χ2v) is 9.02. The first-order valence-corrected chi connectivity index (χ1v) is 10.9. The van der Waals surface area contributed by atoms with Gasteiger partial charge in [-0.05, 0) is 31.9 Å². The Morgan fingerprint density at radius 3 is 2.67 bits per heavy atom. The number of ether oxygens (including phenoxy) is 1. The number of pyridine rings is 1. The smallest absolute Gasteiger partial charge is 0.276 e. The monoisotopic (exact) mass is 459 g/mol. The van der Waals surface area contributed by atoms with Crippen LogP contribution in [-0.4, -0.2) is 45.3 Å². The van der Waals surface area contributed by atoms with Crippen molar-refractivity contribution >= 4 is 17.5 Å². The molecule has 10 heteroatoms. The van der Waals surface area contributed by atoms with Gasteiger partial charge in [0.2, 0.25) is 5.43 Å². The lowest BCUT2D eigenvalue weighted by Gasteiger charge is -2.52. The maximum atomic E-state index is 13.9. The third-order valence-electron chi connectivity index (χ3n) is 7.25. The quantitative estimate of drug-likeness (QED) is 0.719. The van der Waals surface area contributed by atoms with Crippen molar-refractivity contribution in [2.75, 3.05) is 11.9 Å². The summed E-state index contributed by atoms with van der Waals surface area (Å²) in [6.07, 6.45) is 4.59. The molecule has 174 valence electrons. The number of amides is 2. The number of nitrogens with zero attached hydrogens (tertiary/aromatic N) is 2. The van der Waals surface area contributed by atoms with Gasteiger partial charge in [-0.15, -0.1) is 0 Å². The highest BCUT2D eigenvalue weighted by molar-refractivity contribution is 6.05. The fraction of sp³-hybridized carbons (Fsp3) is 0.435. The molecule has 1 aliphatic carbocycles. The topological polar surface area (TPSA) is 101 Å². The lowest BCUT2D eigenvalue weighted by atomic mass is 9.77. The van der Waals surface area contributed by atoms with Gasteiger partial charge >= 0.3 is 0 Å². The number of anilines is 1. The van der Waals surface area contributed by atoms with E-state index in [-0.39, 0.29) is 29.4 Å². The van der Waals surface area contributed by atoms with E-state index in [1.807, 2.05) is 6.92 Å². The van der Waals surface area contributed by atoms with Crippen molar-refractivity contribution in [3.8, 4) is 5.75 Å². The lowest BCUT2D eigenvalue weighted by molar-refractivity contribution is -0.171. The lowest BCUT2D eigenvalue weighted by Crippen LogP contribution is -2.63. The predicted molar refractivity (Wildman–Crippen MR) is 113 cm³/mol. The third kappa shape index (κ3) is 3.31. The molecule has 3 aliphatic rings.